The zero-order chi connectivity index (χ0) is 18.9. The number of halogens is 3. The van der Waals surface area contributed by atoms with Crippen molar-refractivity contribution in [2.24, 2.45) is 0 Å². The summed E-state index contributed by atoms with van der Waals surface area (Å²) in [5, 5.41) is 0. The summed E-state index contributed by atoms with van der Waals surface area (Å²) >= 11 is 0. The Balaban J connectivity index is 1.69. The molecule has 0 bridgehead atoms. The molecule has 0 saturated heterocycles. The molecule has 2 N–H and O–H groups in total. The number of carbonyl (C=O) groups excluding carboxylic acids is 1. The van der Waals surface area contributed by atoms with Gasteiger partial charge in [-0.05, 0) is 42.5 Å². The molecule has 0 aliphatic carbocycles. The second-order valence-corrected chi connectivity index (χ2v) is 6.83. The molecule has 26 heavy (non-hydrogen) atoms. The second kappa shape index (κ2) is 6.50. The van der Waals surface area contributed by atoms with Gasteiger partial charge in [-0.1, -0.05) is 0 Å². The number of hydrogen-bond donors (Lipinski definition) is 2. The minimum atomic E-state index is -4.58. The van der Waals surface area contributed by atoms with Crippen LogP contribution in [0, 0.1) is 0 Å². The van der Waals surface area contributed by atoms with Gasteiger partial charge in [0.15, 0.2) is 11.5 Å². The molecule has 2 aromatic carbocycles. The molecule has 7 nitrogen and oxygen atoms in total. The zero-order valence-electron chi connectivity index (χ0n) is 12.8. The van der Waals surface area contributed by atoms with Crippen LogP contribution in [0.3, 0.4) is 0 Å². The molecule has 0 radical (unpaired) electrons. The normalized spacial score (nSPS) is 13.5. The number of benzene rings is 2. The quantitative estimate of drug-likeness (QED) is 0.782. The van der Waals surface area contributed by atoms with Crippen LogP contribution in [0.2, 0.25) is 0 Å². The Morgan fingerprint density at radius 3 is 2.31 bits per heavy atom. The van der Waals surface area contributed by atoms with Crippen LogP contribution in [0.25, 0.3) is 0 Å². The number of ether oxygens (including phenoxy) is 2. The van der Waals surface area contributed by atoms with E-state index in [1.165, 1.54) is 18.2 Å². The number of rotatable bonds is 4. The summed E-state index contributed by atoms with van der Waals surface area (Å²) < 4.78 is 71.9. The van der Waals surface area contributed by atoms with E-state index in [0.717, 1.165) is 12.1 Å². The maximum absolute atomic E-state index is 12.5. The summed E-state index contributed by atoms with van der Waals surface area (Å²) in [4.78, 5) is 13.4. The Morgan fingerprint density at radius 1 is 1.00 bits per heavy atom. The Bertz CT molecular complexity index is 943. The van der Waals surface area contributed by atoms with Crippen LogP contribution in [0.5, 0.6) is 11.5 Å². The van der Waals surface area contributed by atoms with Gasteiger partial charge >= 0.3 is 6.18 Å². The van der Waals surface area contributed by atoms with E-state index in [1.807, 2.05) is 10.3 Å². The SMILES string of the molecule is O=C(NNS(=O)(=O)c1ccc(C(F)(F)F)cc1)c1ccc2c(c1)OCO2. The number of fused-ring (bicyclic) bond motifs is 1. The van der Waals surface area contributed by atoms with Crippen LogP contribution in [0.15, 0.2) is 47.4 Å². The van der Waals surface area contributed by atoms with E-state index in [2.05, 4.69) is 0 Å². The fraction of sp³-hybridized carbons (Fsp3) is 0.133. The van der Waals surface area contributed by atoms with Gasteiger partial charge in [0.05, 0.1) is 10.5 Å². The summed E-state index contributed by atoms with van der Waals surface area (Å²) in [5.74, 6) is 0.00826. The predicted molar refractivity (Wildman–Crippen MR) is 81.8 cm³/mol. The lowest BCUT2D eigenvalue weighted by Gasteiger charge is -2.10. The largest absolute Gasteiger partial charge is 0.454 e. The van der Waals surface area contributed by atoms with Crippen molar-refractivity contribution < 1.29 is 35.9 Å². The highest BCUT2D eigenvalue weighted by molar-refractivity contribution is 7.89. The lowest BCUT2D eigenvalue weighted by atomic mass is 10.2. The number of sulfonamides is 1. The van der Waals surface area contributed by atoms with E-state index in [0.29, 0.717) is 23.6 Å². The molecule has 0 aromatic heterocycles. The maximum Gasteiger partial charge on any atom is 0.416 e. The average Bonchev–Trinajstić information content (AvgIpc) is 3.07. The van der Waals surface area contributed by atoms with Gasteiger partial charge in [-0.2, -0.15) is 13.2 Å². The number of hydrazine groups is 1. The summed E-state index contributed by atoms with van der Waals surface area (Å²) in [5.41, 5.74) is 1.09. The highest BCUT2D eigenvalue weighted by Crippen LogP contribution is 2.32. The fourth-order valence-electron chi connectivity index (χ4n) is 2.11. The molecule has 0 unspecified atom stereocenters. The van der Waals surface area contributed by atoms with Crippen molar-refractivity contribution >= 4 is 15.9 Å². The standard InChI is InChI=1S/C15H11F3N2O5S/c16-15(17,18)10-2-4-11(5-3-10)26(22,23)20-19-14(21)9-1-6-12-13(7-9)25-8-24-12/h1-7,20H,8H2,(H,19,21). The van der Waals surface area contributed by atoms with Gasteiger partial charge in [-0.15, -0.1) is 4.83 Å². The number of alkyl halides is 3. The first kappa shape index (κ1) is 18.0. The van der Waals surface area contributed by atoms with E-state index in [1.54, 1.807) is 0 Å². The number of carbonyl (C=O) groups is 1. The fourth-order valence-corrected chi connectivity index (χ4v) is 2.94. The van der Waals surface area contributed by atoms with E-state index in [-0.39, 0.29) is 12.4 Å². The molecule has 0 fully saturated rings. The zero-order valence-corrected chi connectivity index (χ0v) is 13.6. The molecule has 3 rings (SSSR count). The van der Waals surface area contributed by atoms with Crippen molar-refractivity contribution in [2.45, 2.75) is 11.1 Å². The van der Waals surface area contributed by atoms with Gasteiger partial charge in [0, 0.05) is 5.56 Å². The first-order valence-electron chi connectivity index (χ1n) is 7.06. The molecule has 0 atom stereocenters. The summed E-state index contributed by atoms with van der Waals surface area (Å²) in [6, 6.07) is 7.10. The Kier molecular flexibility index (Phi) is 4.50. The molecule has 11 heteroatoms. The third kappa shape index (κ3) is 3.73. The Morgan fingerprint density at radius 2 is 1.65 bits per heavy atom. The van der Waals surface area contributed by atoms with Crippen LogP contribution in [-0.4, -0.2) is 21.1 Å². The number of nitrogens with one attached hydrogen (secondary N) is 2. The molecule has 0 spiro atoms. The molecular weight excluding hydrogens is 377 g/mol. The van der Waals surface area contributed by atoms with Crippen molar-refractivity contribution in [1.29, 1.82) is 0 Å². The predicted octanol–water partition coefficient (Wildman–Crippen LogP) is 2.06. The van der Waals surface area contributed by atoms with Crippen molar-refractivity contribution in [3.8, 4) is 11.5 Å². The molecule has 1 amide bonds. The minimum absolute atomic E-state index is 0.0148. The van der Waals surface area contributed by atoms with E-state index in [9.17, 15) is 26.4 Å². The van der Waals surface area contributed by atoms with Gasteiger partial charge < -0.3 is 9.47 Å². The number of hydrogen-bond acceptors (Lipinski definition) is 5. The summed E-state index contributed by atoms with van der Waals surface area (Å²) in [6.45, 7) is 0.0148. The monoisotopic (exact) mass is 388 g/mol. The highest BCUT2D eigenvalue weighted by atomic mass is 32.2. The van der Waals surface area contributed by atoms with Crippen molar-refractivity contribution in [3.05, 3.63) is 53.6 Å². The molecule has 0 saturated carbocycles. The van der Waals surface area contributed by atoms with Gasteiger partial charge in [0.25, 0.3) is 15.9 Å². The highest BCUT2D eigenvalue weighted by Gasteiger charge is 2.30. The van der Waals surface area contributed by atoms with Gasteiger partial charge in [0.1, 0.15) is 0 Å². The smallest absolute Gasteiger partial charge is 0.416 e. The van der Waals surface area contributed by atoms with Crippen LogP contribution in [0.1, 0.15) is 15.9 Å². The van der Waals surface area contributed by atoms with Crippen LogP contribution in [0.4, 0.5) is 13.2 Å². The third-order valence-corrected chi connectivity index (χ3v) is 4.69. The summed E-state index contributed by atoms with van der Waals surface area (Å²) in [6.07, 6.45) is -4.58. The molecule has 1 aliphatic heterocycles. The average molecular weight is 388 g/mol. The first-order chi connectivity index (χ1) is 12.2. The van der Waals surface area contributed by atoms with E-state index in [4.69, 9.17) is 9.47 Å². The van der Waals surface area contributed by atoms with Crippen molar-refractivity contribution in [1.82, 2.24) is 10.3 Å². The van der Waals surface area contributed by atoms with Crippen LogP contribution in [-0.2, 0) is 16.2 Å². The molecule has 2 aromatic rings. The third-order valence-electron chi connectivity index (χ3n) is 3.43. The first-order valence-corrected chi connectivity index (χ1v) is 8.54. The Hall–Kier alpha value is -2.79. The number of amides is 1. The van der Waals surface area contributed by atoms with Crippen molar-refractivity contribution in [3.63, 3.8) is 0 Å². The van der Waals surface area contributed by atoms with E-state index >= 15 is 0 Å². The Labute approximate surface area is 145 Å². The van der Waals surface area contributed by atoms with Gasteiger partial charge in [-0.3, -0.25) is 10.2 Å². The van der Waals surface area contributed by atoms with Gasteiger partial charge in [-0.25, -0.2) is 8.42 Å². The molecule has 1 heterocycles. The van der Waals surface area contributed by atoms with Crippen LogP contribution < -0.4 is 19.7 Å². The topological polar surface area (TPSA) is 93.7 Å². The lowest BCUT2D eigenvalue weighted by Crippen LogP contribution is -2.41. The molecular formula is C15H11F3N2O5S. The molecule has 138 valence electrons. The van der Waals surface area contributed by atoms with E-state index < -0.39 is 32.6 Å². The maximum atomic E-state index is 12.5. The summed E-state index contributed by atoms with van der Waals surface area (Å²) in [7, 11) is -4.24. The minimum Gasteiger partial charge on any atom is -0.454 e. The van der Waals surface area contributed by atoms with Gasteiger partial charge in [0.2, 0.25) is 6.79 Å². The lowest BCUT2D eigenvalue weighted by molar-refractivity contribution is -0.137. The van der Waals surface area contributed by atoms with Crippen molar-refractivity contribution in [2.75, 3.05) is 6.79 Å². The molecule has 1 aliphatic rings. The second-order valence-electron chi connectivity index (χ2n) is 5.15. The van der Waals surface area contributed by atoms with Crippen LogP contribution >= 0.6 is 0 Å².